The van der Waals surface area contributed by atoms with Gasteiger partial charge in [-0.2, -0.15) is 0 Å². The summed E-state index contributed by atoms with van der Waals surface area (Å²) in [5, 5.41) is 0.994. The molecule has 4 atom stereocenters. The predicted octanol–water partition coefficient (Wildman–Crippen LogP) is 4.76. The molecule has 0 radical (unpaired) electrons. The second-order valence-electron chi connectivity index (χ2n) is 8.38. The Morgan fingerprint density at radius 3 is 2.18 bits per heavy atom. The second kappa shape index (κ2) is 8.87. The van der Waals surface area contributed by atoms with E-state index in [2.05, 4.69) is 0 Å². The number of esters is 1. The molecule has 0 aliphatic carbocycles. The van der Waals surface area contributed by atoms with E-state index in [1.807, 2.05) is 12.1 Å². The van der Waals surface area contributed by atoms with Crippen LogP contribution in [0.2, 0.25) is 10.0 Å². The highest BCUT2D eigenvalue weighted by Crippen LogP contribution is 2.50. The number of benzene rings is 3. The molecule has 0 spiro atoms. The van der Waals surface area contributed by atoms with Crippen LogP contribution in [0.5, 0.6) is 5.75 Å². The topological polar surface area (TPSA) is 66.9 Å². The minimum absolute atomic E-state index is 0.370. The van der Waals surface area contributed by atoms with Crippen molar-refractivity contribution in [1.82, 2.24) is 4.90 Å². The molecule has 2 amide bonds. The number of amides is 2. The van der Waals surface area contributed by atoms with Gasteiger partial charge in [-0.25, -0.2) is 9.69 Å². The third kappa shape index (κ3) is 3.78. The number of carbonyl (C=O) groups is 3. The van der Waals surface area contributed by atoms with Crippen molar-refractivity contribution < 1.29 is 19.1 Å². The largest absolute Gasteiger partial charge is 0.425 e. The molecule has 0 N–H and O–H groups in total. The SMILES string of the molecule is CN1C(C(=O)Oc2ccccc2)C2C(=O)N(c3ccc(Cl)cc3)C(=O)C2C1c1cccc(Cl)c1. The van der Waals surface area contributed by atoms with Gasteiger partial charge in [-0.1, -0.05) is 53.5 Å². The van der Waals surface area contributed by atoms with E-state index in [-0.39, 0.29) is 5.91 Å². The van der Waals surface area contributed by atoms with Crippen molar-refractivity contribution in [2.24, 2.45) is 11.8 Å². The van der Waals surface area contributed by atoms with Crippen LogP contribution in [0, 0.1) is 11.8 Å². The smallest absolute Gasteiger partial charge is 0.329 e. The van der Waals surface area contributed by atoms with Crippen molar-refractivity contribution in [1.29, 1.82) is 0 Å². The normalized spacial score (nSPS) is 24.4. The average Bonchev–Trinajstić information content (AvgIpc) is 3.26. The van der Waals surface area contributed by atoms with Gasteiger partial charge in [0.05, 0.1) is 17.5 Å². The summed E-state index contributed by atoms with van der Waals surface area (Å²) in [5.41, 5.74) is 1.16. The first-order chi connectivity index (χ1) is 16.4. The summed E-state index contributed by atoms with van der Waals surface area (Å²) in [4.78, 5) is 43.6. The van der Waals surface area contributed by atoms with Gasteiger partial charge in [0.25, 0.3) is 0 Å². The van der Waals surface area contributed by atoms with Gasteiger partial charge in [0.2, 0.25) is 11.8 Å². The van der Waals surface area contributed by atoms with Gasteiger partial charge in [-0.05, 0) is 61.1 Å². The summed E-state index contributed by atoms with van der Waals surface area (Å²) in [7, 11) is 1.73. The number of hydrogen-bond donors (Lipinski definition) is 0. The number of carbonyl (C=O) groups excluding carboxylic acids is 3. The van der Waals surface area contributed by atoms with Crippen molar-refractivity contribution >= 4 is 46.7 Å². The molecule has 172 valence electrons. The molecule has 8 heteroatoms. The van der Waals surface area contributed by atoms with Gasteiger partial charge in [0.1, 0.15) is 11.8 Å². The fourth-order valence-electron chi connectivity index (χ4n) is 5.01. The molecule has 5 rings (SSSR count). The molecule has 2 aliphatic rings. The highest BCUT2D eigenvalue weighted by atomic mass is 35.5. The molecule has 0 saturated carbocycles. The molecular weight excluding hydrogens is 475 g/mol. The predicted molar refractivity (Wildman–Crippen MR) is 129 cm³/mol. The van der Waals surface area contributed by atoms with E-state index in [1.165, 1.54) is 0 Å². The minimum Gasteiger partial charge on any atom is -0.425 e. The highest BCUT2D eigenvalue weighted by molar-refractivity contribution is 6.31. The third-order valence-corrected chi connectivity index (χ3v) is 6.92. The Labute approximate surface area is 206 Å². The van der Waals surface area contributed by atoms with Crippen molar-refractivity contribution in [3.05, 3.63) is 94.5 Å². The van der Waals surface area contributed by atoms with Crippen molar-refractivity contribution in [2.75, 3.05) is 11.9 Å². The molecule has 2 aliphatic heterocycles. The number of fused-ring (bicyclic) bond motifs is 1. The van der Waals surface area contributed by atoms with Gasteiger partial charge in [-0.3, -0.25) is 14.5 Å². The molecule has 34 heavy (non-hydrogen) atoms. The van der Waals surface area contributed by atoms with Crippen molar-refractivity contribution in [2.45, 2.75) is 12.1 Å². The lowest BCUT2D eigenvalue weighted by atomic mass is 9.86. The first-order valence-electron chi connectivity index (χ1n) is 10.7. The highest BCUT2D eigenvalue weighted by Gasteiger charge is 2.64. The Hall–Kier alpha value is -3.19. The molecule has 3 aromatic rings. The number of likely N-dealkylation sites (N-methyl/N-ethyl adjacent to an activating group) is 1. The zero-order valence-corrected chi connectivity index (χ0v) is 19.6. The molecule has 2 saturated heterocycles. The minimum atomic E-state index is -0.956. The summed E-state index contributed by atoms with van der Waals surface area (Å²) < 4.78 is 5.62. The lowest BCUT2D eigenvalue weighted by Crippen LogP contribution is -2.45. The van der Waals surface area contributed by atoms with Crippen molar-refractivity contribution in [3.8, 4) is 5.75 Å². The Morgan fingerprint density at radius 1 is 0.824 bits per heavy atom. The van der Waals surface area contributed by atoms with Crippen LogP contribution in [-0.2, 0) is 14.4 Å². The summed E-state index contributed by atoms with van der Waals surface area (Å²) in [6.45, 7) is 0. The Balaban J connectivity index is 1.57. The summed E-state index contributed by atoms with van der Waals surface area (Å²) in [6, 6.07) is 20.8. The molecule has 0 aromatic heterocycles. The van der Waals surface area contributed by atoms with Crippen LogP contribution in [0.3, 0.4) is 0 Å². The van der Waals surface area contributed by atoms with Crippen LogP contribution in [0.1, 0.15) is 11.6 Å². The quantitative estimate of drug-likeness (QED) is 0.297. The van der Waals surface area contributed by atoms with Crippen molar-refractivity contribution in [3.63, 3.8) is 0 Å². The van der Waals surface area contributed by atoms with E-state index in [4.69, 9.17) is 27.9 Å². The molecule has 2 heterocycles. The number of rotatable bonds is 4. The number of imide groups is 1. The maximum atomic E-state index is 13.7. The van der Waals surface area contributed by atoms with Gasteiger partial charge in [-0.15, -0.1) is 0 Å². The third-order valence-electron chi connectivity index (χ3n) is 6.43. The first-order valence-corrected chi connectivity index (χ1v) is 11.5. The molecule has 4 unspecified atom stereocenters. The van der Waals surface area contributed by atoms with Crippen LogP contribution in [0.25, 0.3) is 0 Å². The summed E-state index contributed by atoms with van der Waals surface area (Å²) >= 11 is 12.2. The standard InChI is InChI=1S/C26H20Cl2N2O4/c1-29-22(15-6-5-7-17(28)14-15)20-21(23(29)26(33)34-19-8-3-2-4-9-19)25(32)30(24(20)31)18-12-10-16(27)11-13-18/h2-14,20-23H,1H3. The van der Waals surface area contributed by atoms with E-state index >= 15 is 0 Å². The number of likely N-dealkylation sites (tertiary alicyclic amines) is 1. The molecule has 2 fully saturated rings. The Bertz CT molecular complexity index is 1270. The monoisotopic (exact) mass is 494 g/mol. The fraction of sp³-hybridized carbons (Fsp3) is 0.192. The Kier molecular flexibility index (Phi) is 5.90. The van der Waals surface area contributed by atoms with Crippen LogP contribution in [0.15, 0.2) is 78.9 Å². The van der Waals surface area contributed by atoms with Gasteiger partial charge in [0, 0.05) is 16.1 Å². The second-order valence-corrected chi connectivity index (χ2v) is 9.26. The number of para-hydroxylation sites is 1. The number of nitrogens with zero attached hydrogens (tertiary/aromatic N) is 2. The maximum Gasteiger partial charge on any atom is 0.329 e. The number of anilines is 1. The zero-order valence-electron chi connectivity index (χ0n) is 18.1. The zero-order chi connectivity index (χ0) is 24.0. The lowest BCUT2D eigenvalue weighted by Gasteiger charge is -2.29. The first kappa shape index (κ1) is 22.6. The molecular formula is C26H20Cl2N2O4. The van der Waals surface area contributed by atoms with Crippen LogP contribution in [-0.4, -0.2) is 35.8 Å². The lowest BCUT2D eigenvalue weighted by molar-refractivity contribution is -0.143. The van der Waals surface area contributed by atoms with E-state index < -0.39 is 35.8 Å². The van der Waals surface area contributed by atoms with E-state index in [0.717, 1.165) is 10.5 Å². The van der Waals surface area contributed by atoms with Crippen LogP contribution < -0.4 is 9.64 Å². The van der Waals surface area contributed by atoms with E-state index in [0.29, 0.717) is 21.5 Å². The fourth-order valence-corrected chi connectivity index (χ4v) is 5.34. The molecule has 6 nitrogen and oxygen atoms in total. The summed E-state index contributed by atoms with van der Waals surface area (Å²) in [5.74, 6) is -2.72. The van der Waals surface area contributed by atoms with Gasteiger partial charge >= 0.3 is 5.97 Å². The van der Waals surface area contributed by atoms with E-state index in [1.54, 1.807) is 78.7 Å². The van der Waals surface area contributed by atoms with Crippen LogP contribution in [0.4, 0.5) is 5.69 Å². The molecule has 3 aromatic carbocycles. The van der Waals surface area contributed by atoms with Crippen LogP contribution >= 0.6 is 23.2 Å². The average molecular weight is 495 g/mol. The maximum absolute atomic E-state index is 13.7. The molecule has 0 bridgehead atoms. The van der Waals surface area contributed by atoms with Gasteiger partial charge < -0.3 is 4.74 Å². The number of halogens is 2. The number of ether oxygens (including phenoxy) is 1. The Morgan fingerprint density at radius 2 is 1.50 bits per heavy atom. The van der Waals surface area contributed by atoms with E-state index in [9.17, 15) is 14.4 Å². The van der Waals surface area contributed by atoms with Gasteiger partial charge in [0.15, 0.2) is 0 Å². The number of hydrogen-bond acceptors (Lipinski definition) is 5. The summed E-state index contributed by atoms with van der Waals surface area (Å²) in [6.07, 6.45) is 0.